The summed E-state index contributed by atoms with van der Waals surface area (Å²) in [6, 6.07) is 4.33. The molecule has 1 fully saturated rings. The van der Waals surface area contributed by atoms with Gasteiger partial charge in [0.1, 0.15) is 4.60 Å². The molecule has 2 rings (SSSR count). The summed E-state index contributed by atoms with van der Waals surface area (Å²) in [5.74, 6) is -0.0874. The molecule has 1 aliphatic rings. The van der Waals surface area contributed by atoms with Crippen LogP contribution in [0.15, 0.2) is 22.9 Å². The second kappa shape index (κ2) is 5.80. The van der Waals surface area contributed by atoms with Gasteiger partial charge in [-0.05, 0) is 54.8 Å². The fourth-order valence-corrected chi connectivity index (χ4v) is 2.57. The van der Waals surface area contributed by atoms with Crippen LogP contribution in [0.25, 0.3) is 0 Å². The monoisotopic (exact) mass is 311 g/mol. The molecule has 0 spiro atoms. The van der Waals surface area contributed by atoms with Crippen LogP contribution in [0.1, 0.15) is 43.5 Å². The Kier molecular flexibility index (Phi) is 4.35. The highest BCUT2D eigenvalue weighted by atomic mass is 79.9. The number of carbonyl (C=O) groups is 1. The lowest BCUT2D eigenvalue weighted by Crippen LogP contribution is -2.54. The number of rotatable bonds is 2. The molecule has 2 atom stereocenters. The van der Waals surface area contributed by atoms with Crippen LogP contribution in [0.3, 0.4) is 0 Å². The van der Waals surface area contributed by atoms with Gasteiger partial charge in [-0.2, -0.15) is 0 Å². The fraction of sp³-hybridized carbons (Fsp3) is 0.538. The maximum absolute atomic E-state index is 12.1. The third-order valence-corrected chi connectivity index (χ3v) is 3.88. The van der Waals surface area contributed by atoms with Crippen LogP contribution >= 0.6 is 15.9 Å². The first-order valence-electron chi connectivity index (χ1n) is 6.29. The molecule has 0 saturated carbocycles. The zero-order chi connectivity index (χ0) is 13.1. The molecule has 5 heteroatoms. The zero-order valence-electron chi connectivity index (χ0n) is 10.7. The largest absolute Gasteiger partial charge is 0.284 e. The lowest BCUT2D eigenvalue weighted by molar-refractivity contribution is 0.0369. The van der Waals surface area contributed by atoms with Gasteiger partial charge in [-0.15, -0.1) is 0 Å². The maximum Gasteiger partial charge on any atom is 0.267 e. The highest BCUT2D eigenvalue weighted by molar-refractivity contribution is 9.10. The summed E-state index contributed by atoms with van der Waals surface area (Å²) >= 11 is 3.26. The summed E-state index contributed by atoms with van der Waals surface area (Å²) in [4.78, 5) is 16.2. The van der Waals surface area contributed by atoms with E-state index in [9.17, 15) is 4.79 Å². The van der Waals surface area contributed by atoms with Crippen molar-refractivity contribution >= 4 is 21.8 Å². The highest BCUT2D eigenvalue weighted by Crippen LogP contribution is 2.20. The summed E-state index contributed by atoms with van der Waals surface area (Å²) in [6.07, 6.45) is 5.07. The quantitative estimate of drug-likeness (QED) is 0.854. The van der Waals surface area contributed by atoms with E-state index in [2.05, 4.69) is 45.2 Å². The molecule has 1 saturated heterocycles. The minimum Gasteiger partial charge on any atom is -0.284 e. The second-order valence-corrected chi connectivity index (χ2v) is 5.66. The minimum atomic E-state index is -0.0874. The third-order valence-electron chi connectivity index (χ3n) is 3.41. The van der Waals surface area contributed by atoms with Crippen LogP contribution in [0.4, 0.5) is 0 Å². The summed E-state index contributed by atoms with van der Waals surface area (Å²) < 4.78 is 0.735. The van der Waals surface area contributed by atoms with E-state index in [1.807, 2.05) is 0 Å². The predicted octanol–water partition coefficient (Wildman–Crippen LogP) is 2.75. The van der Waals surface area contributed by atoms with Crippen LogP contribution in [0.5, 0.6) is 0 Å². The van der Waals surface area contributed by atoms with Gasteiger partial charge in [0.2, 0.25) is 0 Å². The molecular formula is C13H18BrN3O. The van der Waals surface area contributed by atoms with Gasteiger partial charge in [-0.3, -0.25) is 10.2 Å². The number of nitrogens with zero attached hydrogens (tertiary/aromatic N) is 2. The number of hydrogen-bond donors (Lipinski definition) is 1. The van der Waals surface area contributed by atoms with E-state index in [4.69, 9.17) is 0 Å². The van der Waals surface area contributed by atoms with Crippen molar-refractivity contribution in [2.24, 2.45) is 0 Å². The average Bonchev–Trinajstić information content (AvgIpc) is 2.34. The Balaban J connectivity index is 2.04. The SMILES string of the molecule is CC1CCCC(C)N1NC(=O)c1ccc(Br)nc1. The molecule has 2 heterocycles. The van der Waals surface area contributed by atoms with Crippen LogP contribution < -0.4 is 5.43 Å². The lowest BCUT2D eigenvalue weighted by Gasteiger charge is -2.38. The van der Waals surface area contributed by atoms with Gasteiger partial charge in [0.05, 0.1) is 5.56 Å². The first-order chi connectivity index (χ1) is 8.58. The van der Waals surface area contributed by atoms with Crippen molar-refractivity contribution in [1.29, 1.82) is 0 Å². The van der Waals surface area contributed by atoms with Crippen molar-refractivity contribution in [3.63, 3.8) is 0 Å². The first-order valence-corrected chi connectivity index (χ1v) is 7.08. The average molecular weight is 312 g/mol. The molecule has 0 aliphatic carbocycles. The molecule has 4 nitrogen and oxygen atoms in total. The highest BCUT2D eigenvalue weighted by Gasteiger charge is 2.26. The molecule has 1 amide bonds. The van der Waals surface area contributed by atoms with Crippen molar-refractivity contribution < 1.29 is 4.79 Å². The van der Waals surface area contributed by atoms with E-state index in [1.165, 1.54) is 6.42 Å². The number of hydrazine groups is 1. The molecule has 1 aromatic rings. The Morgan fingerprint density at radius 2 is 2.06 bits per heavy atom. The maximum atomic E-state index is 12.1. The fourth-order valence-electron chi connectivity index (χ4n) is 2.33. The van der Waals surface area contributed by atoms with Gasteiger partial charge >= 0.3 is 0 Å². The van der Waals surface area contributed by atoms with Crippen LogP contribution in [-0.2, 0) is 0 Å². The molecule has 18 heavy (non-hydrogen) atoms. The number of nitrogens with one attached hydrogen (secondary N) is 1. The first kappa shape index (κ1) is 13.5. The number of carbonyl (C=O) groups excluding carboxylic acids is 1. The minimum absolute atomic E-state index is 0.0874. The number of pyridine rings is 1. The number of piperidine rings is 1. The van der Waals surface area contributed by atoms with Crippen molar-refractivity contribution in [1.82, 2.24) is 15.4 Å². The summed E-state index contributed by atoms with van der Waals surface area (Å²) in [5, 5.41) is 2.06. The standard InChI is InChI=1S/C13H18BrN3O/c1-9-4-3-5-10(2)17(9)16-13(18)11-6-7-12(14)15-8-11/h6-10H,3-5H2,1-2H3,(H,16,18). The molecule has 0 radical (unpaired) electrons. The summed E-state index contributed by atoms with van der Waals surface area (Å²) in [6.45, 7) is 4.30. The molecule has 0 aromatic carbocycles. The lowest BCUT2D eigenvalue weighted by atomic mass is 10.00. The van der Waals surface area contributed by atoms with Crippen molar-refractivity contribution in [2.45, 2.75) is 45.2 Å². The topological polar surface area (TPSA) is 45.2 Å². The Morgan fingerprint density at radius 3 is 2.61 bits per heavy atom. The van der Waals surface area contributed by atoms with E-state index in [0.717, 1.165) is 17.4 Å². The zero-order valence-corrected chi connectivity index (χ0v) is 12.3. The normalized spacial score (nSPS) is 24.8. The predicted molar refractivity (Wildman–Crippen MR) is 74.0 cm³/mol. The molecule has 1 aromatic heterocycles. The molecule has 1 N–H and O–H groups in total. The van der Waals surface area contributed by atoms with Crippen molar-refractivity contribution in [3.8, 4) is 0 Å². The Labute approximate surface area is 116 Å². The number of halogens is 1. The van der Waals surface area contributed by atoms with Crippen molar-refractivity contribution in [3.05, 3.63) is 28.5 Å². The van der Waals surface area contributed by atoms with Gasteiger partial charge in [0.25, 0.3) is 5.91 Å². The van der Waals surface area contributed by atoms with Crippen LogP contribution in [0, 0.1) is 0 Å². The smallest absolute Gasteiger partial charge is 0.267 e. The Hall–Kier alpha value is -0.940. The number of hydrogen-bond acceptors (Lipinski definition) is 3. The molecule has 1 aliphatic heterocycles. The van der Waals surface area contributed by atoms with Crippen LogP contribution in [0.2, 0.25) is 0 Å². The molecule has 2 unspecified atom stereocenters. The summed E-state index contributed by atoms with van der Waals surface area (Å²) in [7, 11) is 0. The van der Waals surface area contributed by atoms with E-state index >= 15 is 0 Å². The van der Waals surface area contributed by atoms with E-state index < -0.39 is 0 Å². The summed E-state index contributed by atoms with van der Waals surface area (Å²) in [5.41, 5.74) is 3.58. The Morgan fingerprint density at radius 1 is 1.39 bits per heavy atom. The third kappa shape index (κ3) is 3.09. The van der Waals surface area contributed by atoms with Gasteiger partial charge in [-0.1, -0.05) is 6.42 Å². The number of amides is 1. The molecule has 98 valence electrons. The van der Waals surface area contributed by atoms with Gasteiger partial charge in [0, 0.05) is 18.3 Å². The van der Waals surface area contributed by atoms with Gasteiger partial charge in [-0.25, -0.2) is 9.99 Å². The van der Waals surface area contributed by atoms with Crippen LogP contribution in [-0.4, -0.2) is 28.0 Å². The van der Waals surface area contributed by atoms with Gasteiger partial charge < -0.3 is 0 Å². The Bertz CT molecular complexity index is 411. The van der Waals surface area contributed by atoms with E-state index in [0.29, 0.717) is 17.6 Å². The van der Waals surface area contributed by atoms with Crippen molar-refractivity contribution in [2.75, 3.05) is 0 Å². The van der Waals surface area contributed by atoms with E-state index in [-0.39, 0.29) is 5.91 Å². The van der Waals surface area contributed by atoms with Gasteiger partial charge in [0.15, 0.2) is 0 Å². The molecule has 0 bridgehead atoms. The second-order valence-electron chi connectivity index (χ2n) is 4.85. The van der Waals surface area contributed by atoms with E-state index in [1.54, 1.807) is 18.3 Å². The molecular weight excluding hydrogens is 294 g/mol. The number of aromatic nitrogens is 1.